The van der Waals surface area contributed by atoms with Gasteiger partial charge in [-0.25, -0.2) is 0 Å². The highest BCUT2D eigenvalue weighted by molar-refractivity contribution is 5.79. The Kier molecular flexibility index (Phi) is 11.4. The number of methoxy groups -OCH3 is 2. The minimum absolute atomic E-state index is 0.00413. The van der Waals surface area contributed by atoms with Gasteiger partial charge in [-0.05, 0) is 67.9 Å². The van der Waals surface area contributed by atoms with Crippen molar-refractivity contribution in [1.82, 2.24) is 0 Å². The molecule has 10 aliphatic rings. The zero-order chi connectivity index (χ0) is 36.3. The van der Waals surface area contributed by atoms with Crippen LogP contribution in [0.5, 0.6) is 0 Å². The SMILES string of the molecule is C=C1C[C@@H]2CC3[C@@H]4C[C@@H](O)[C@H](O4)[C@H]4C[C@@H](OC)[C@H]5O[C@H](CC[C@@H]5O4)CC(=O)C[C@@H]4[C@@H](OC)[C@@H](C[C@H](O)CN)O[C@H]4C[C@H]4O[C@@H](CC[C@@H]1O2)C[C@@H]3C4=C. The number of rotatable bonds is 5. The first-order chi connectivity index (χ1) is 25.1. The number of aliphatic hydroxyl groups excluding tert-OH is 2. The number of carbonyl (C=O) groups is 1. The predicted molar refractivity (Wildman–Crippen MR) is 188 cm³/mol. The number of nitrogens with two attached hydrogens (primary N) is 1. The van der Waals surface area contributed by atoms with Crippen LogP contribution < -0.4 is 5.73 Å². The molecule has 11 bridgehead atoms. The summed E-state index contributed by atoms with van der Waals surface area (Å²) < 4.78 is 52.7. The maximum atomic E-state index is 14.0. The second-order valence-electron chi connectivity index (χ2n) is 17.1. The van der Waals surface area contributed by atoms with Crippen LogP contribution in [0.2, 0.25) is 0 Å². The van der Waals surface area contributed by atoms with Crippen LogP contribution in [0.3, 0.4) is 0 Å². The van der Waals surface area contributed by atoms with E-state index in [2.05, 4.69) is 6.58 Å². The van der Waals surface area contributed by atoms with Crippen LogP contribution in [-0.2, 0) is 42.7 Å². The smallest absolute Gasteiger partial charge is 0.135 e. The summed E-state index contributed by atoms with van der Waals surface area (Å²) in [4.78, 5) is 14.0. The Balaban J connectivity index is 1.15. The summed E-state index contributed by atoms with van der Waals surface area (Å²) in [5.41, 5.74) is 7.97. The van der Waals surface area contributed by atoms with E-state index in [0.717, 1.165) is 49.7 Å². The Bertz CT molecular complexity index is 1310. The largest absolute Gasteiger partial charge is 0.392 e. The lowest BCUT2D eigenvalue weighted by atomic mass is 9.71. The Morgan fingerprint density at radius 1 is 0.750 bits per heavy atom. The van der Waals surface area contributed by atoms with Crippen molar-refractivity contribution in [1.29, 1.82) is 0 Å². The van der Waals surface area contributed by atoms with Crippen molar-refractivity contribution in [3.8, 4) is 0 Å². The van der Waals surface area contributed by atoms with Crippen molar-refractivity contribution < 1.29 is 52.9 Å². The van der Waals surface area contributed by atoms with E-state index in [0.29, 0.717) is 32.1 Å². The fraction of sp³-hybridized carbons (Fsp3) is 0.875. The van der Waals surface area contributed by atoms with Gasteiger partial charge in [0.25, 0.3) is 0 Å². The molecule has 1 unspecified atom stereocenters. The molecule has 292 valence electrons. The highest BCUT2D eigenvalue weighted by atomic mass is 16.6. The molecule has 10 aliphatic heterocycles. The molecule has 10 heterocycles. The van der Waals surface area contributed by atoms with E-state index in [1.807, 2.05) is 0 Å². The van der Waals surface area contributed by atoms with Gasteiger partial charge in [-0.3, -0.25) is 4.79 Å². The third-order valence-electron chi connectivity index (χ3n) is 13.9. The van der Waals surface area contributed by atoms with E-state index < -0.39 is 30.5 Å². The third-order valence-corrected chi connectivity index (χ3v) is 13.9. The van der Waals surface area contributed by atoms with Crippen molar-refractivity contribution in [3.63, 3.8) is 0 Å². The highest BCUT2D eigenvalue weighted by Gasteiger charge is 2.54. The van der Waals surface area contributed by atoms with Crippen molar-refractivity contribution in [2.45, 2.75) is 181 Å². The van der Waals surface area contributed by atoms with Gasteiger partial charge in [-0.15, -0.1) is 0 Å². The van der Waals surface area contributed by atoms with Gasteiger partial charge in [-0.1, -0.05) is 13.2 Å². The van der Waals surface area contributed by atoms with E-state index >= 15 is 0 Å². The summed E-state index contributed by atoms with van der Waals surface area (Å²) in [6, 6.07) is 0. The Morgan fingerprint density at radius 3 is 2.33 bits per heavy atom. The molecule has 12 nitrogen and oxygen atoms in total. The number of carbonyl (C=O) groups excluding carboxylic acids is 1. The van der Waals surface area contributed by atoms with E-state index in [1.165, 1.54) is 0 Å². The molecule has 0 aromatic rings. The molecule has 0 saturated carbocycles. The molecule has 19 atom stereocenters. The van der Waals surface area contributed by atoms with E-state index in [1.54, 1.807) is 14.2 Å². The zero-order valence-electron chi connectivity index (χ0n) is 30.9. The standard InChI is InChI=1S/C40H61NO11/c1-19-9-25-14-27-26-13-24(5-7-30(19)48-25)47-32(20(26)2)16-34-28(38(46-4)36(51-34)12-22(43)18-41)11-21(42)10-23-6-8-31-40(49-23)35(45-3)17-37(50-31)39-29(44)15-33(27)52-39/h22-40,43-44H,1-2,5-18,41H2,3-4H3/t22-,23+,24-,25+,26+,27?,28-,29+,30-,31-,32+,33-,34-,35+,36+,37+,38+,39-,40-/m0/s1. The van der Waals surface area contributed by atoms with Gasteiger partial charge in [0, 0.05) is 65.2 Å². The van der Waals surface area contributed by atoms with Crippen LogP contribution in [0, 0.1) is 17.8 Å². The normalized spacial score (nSPS) is 50.1. The van der Waals surface area contributed by atoms with Gasteiger partial charge in [0.15, 0.2) is 0 Å². The van der Waals surface area contributed by atoms with E-state index in [9.17, 15) is 15.0 Å². The number of fused-ring (bicyclic) bond motifs is 5. The highest BCUT2D eigenvalue weighted by Crippen LogP contribution is 2.49. The second-order valence-corrected chi connectivity index (χ2v) is 17.1. The molecule has 0 spiro atoms. The molecule has 10 rings (SSSR count). The van der Waals surface area contributed by atoms with Crippen molar-refractivity contribution in [2.75, 3.05) is 20.8 Å². The summed E-state index contributed by atoms with van der Waals surface area (Å²) in [5.74, 6) is -0.0515. The molecule has 4 N–H and O–H groups in total. The molecular weight excluding hydrogens is 670 g/mol. The molecule has 10 saturated heterocycles. The number of hydrogen-bond donors (Lipinski definition) is 3. The lowest BCUT2D eigenvalue weighted by Gasteiger charge is -2.47. The minimum Gasteiger partial charge on any atom is -0.392 e. The molecule has 0 amide bonds. The summed E-state index contributed by atoms with van der Waals surface area (Å²) in [6.07, 6.45) is 2.94. The number of ether oxygens (including phenoxy) is 8. The zero-order valence-corrected chi connectivity index (χ0v) is 30.9. The first kappa shape index (κ1) is 37.6. The first-order valence-electron chi connectivity index (χ1n) is 20.0. The fourth-order valence-electron chi connectivity index (χ4n) is 11.3. The van der Waals surface area contributed by atoms with Crippen LogP contribution in [0.1, 0.15) is 83.5 Å². The average Bonchev–Trinajstić information content (AvgIpc) is 3.79. The summed E-state index contributed by atoms with van der Waals surface area (Å²) in [5, 5.41) is 22.3. The minimum atomic E-state index is -0.746. The predicted octanol–water partition coefficient (Wildman–Crippen LogP) is 2.93. The maximum absolute atomic E-state index is 14.0. The van der Waals surface area contributed by atoms with Crippen LogP contribution in [-0.4, -0.2) is 134 Å². The van der Waals surface area contributed by atoms with Crippen LogP contribution >= 0.6 is 0 Å². The molecule has 12 heteroatoms. The van der Waals surface area contributed by atoms with Gasteiger partial charge < -0.3 is 53.8 Å². The fourth-order valence-corrected chi connectivity index (χ4v) is 11.3. The van der Waals surface area contributed by atoms with Crippen molar-refractivity contribution in [2.24, 2.45) is 23.5 Å². The van der Waals surface area contributed by atoms with Crippen LogP contribution in [0.15, 0.2) is 24.3 Å². The number of Topliss-reactive ketones (excluding diaryl/α,β-unsaturated/α-hetero) is 1. The van der Waals surface area contributed by atoms with Gasteiger partial charge in [0.2, 0.25) is 0 Å². The molecule has 0 aliphatic carbocycles. The summed E-state index contributed by atoms with van der Waals surface area (Å²) >= 11 is 0. The molecular formula is C40H61NO11. The molecule has 52 heavy (non-hydrogen) atoms. The molecule has 0 aromatic heterocycles. The third kappa shape index (κ3) is 7.36. The quantitative estimate of drug-likeness (QED) is 0.356. The first-order valence-corrected chi connectivity index (χ1v) is 20.0. The van der Waals surface area contributed by atoms with Crippen LogP contribution in [0.4, 0.5) is 0 Å². The Morgan fingerprint density at radius 2 is 1.54 bits per heavy atom. The Hall–Kier alpha value is -1.29. The topological polar surface area (TPSA) is 157 Å². The monoisotopic (exact) mass is 731 g/mol. The lowest BCUT2D eigenvalue weighted by Crippen LogP contribution is -2.57. The van der Waals surface area contributed by atoms with Crippen LogP contribution in [0.25, 0.3) is 0 Å². The van der Waals surface area contributed by atoms with Gasteiger partial charge in [0.05, 0.1) is 85.5 Å². The van der Waals surface area contributed by atoms with E-state index in [4.69, 9.17) is 50.2 Å². The van der Waals surface area contributed by atoms with Gasteiger partial charge >= 0.3 is 0 Å². The van der Waals surface area contributed by atoms with E-state index in [-0.39, 0.29) is 110 Å². The van der Waals surface area contributed by atoms with Gasteiger partial charge in [-0.2, -0.15) is 0 Å². The van der Waals surface area contributed by atoms with Crippen molar-refractivity contribution >= 4 is 5.78 Å². The lowest BCUT2D eigenvalue weighted by molar-refractivity contribution is -0.253. The Labute approximate surface area is 308 Å². The second kappa shape index (κ2) is 15.7. The number of aliphatic hydroxyl groups is 2. The van der Waals surface area contributed by atoms with Gasteiger partial charge in [0.1, 0.15) is 18.0 Å². The summed E-state index contributed by atoms with van der Waals surface area (Å²) in [6.45, 7) is 9.24. The molecule has 0 radical (unpaired) electrons. The summed E-state index contributed by atoms with van der Waals surface area (Å²) in [7, 11) is 3.35. The molecule has 10 fully saturated rings. The van der Waals surface area contributed by atoms with Crippen molar-refractivity contribution in [3.05, 3.63) is 24.3 Å². The average molecular weight is 732 g/mol. The number of hydrogen-bond acceptors (Lipinski definition) is 12. The number of ketones is 1. The maximum Gasteiger partial charge on any atom is 0.135 e. The molecule has 0 aromatic carbocycles.